The average Bonchev–Trinajstić information content (AvgIpc) is 2.50. The summed E-state index contributed by atoms with van der Waals surface area (Å²) < 4.78 is 16.0. The van der Waals surface area contributed by atoms with Gasteiger partial charge in [-0.05, 0) is 18.2 Å². The number of aromatic nitrogens is 1. The normalized spacial score (nSPS) is 10.8. The summed E-state index contributed by atoms with van der Waals surface area (Å²) in [6.45, 7) is 0. The number of carboxylic acids is 1. The van der Waals surface area contributed by atoms with Gasteiger partial charge in [0.2, 0.25) is 5.75 Å². The van der Waals surface area contributed by atoms with Crippen LogP contribution in [0.1, 0.15) is 5.69 Å². The first-order chi connectivity index (χ1) is 10.1. The van der Waals surface area contributed by atoms with Gasteiger partial charge >= 0.3 is 5.97 Å². The molecule has 110 valence electrons. The Labute approximate surface area is 121 Å². The maximum absolute atomic E-state index is 10.7. The molecule has 0 amide bonds. The maximum Gasteiger partial charge on any atom is 0.328 e. The number of hydrogen-bond donors (Lipinski definition) is 1. The van der Waals surface area contributed by atoms with E-state index in [9.17, 15) is 4.79 Å². The highest BCUT2D eigenvalue weighted by Crippen LogP contribution is 2.43. The van der Waals surface area contributed by atoms with Crippen molar-refractivity contribution in [1.82, 2.24) is 4.98 Å². The van der Waals surface area contributed by atoms with Crippen LogP contribution in [-0.2, 0) is 4.79 Å². The molecule has 0 aliphatic rings. The molecule has 0 aliphatic heterocycles. The van der Waals surface area contributed by atoms with E-state index in [-0.39, 0.29) is 0 Å². The molecule has 1 aromatic carbocycles. The van der Waals surface area contributed by atoms with Crippen LogP contribution < -0.4 is 14.2 Å². The number of benzene rings is 1. The summed E-state index contributed by atoms with van der Waals surface area (Å²) >= 11 is 0. The standard InChI is InChI=1S/C15H15NO5/c1-19-12-8-10-9(14(20-2)15(12)21-3)6-7-16-11(10)4-5-13(17)18/h4-8H,1-3H3,(H,17,18)/b5-4+. The van der Waals surface area contributed by atoms with Gasteiger partial charge in [-0.1, -0.05) is 0 Å². The first-order valence-corrected chi connectivity index (χ1v) is 6.11. The van der Waals surface area contributed by atoms with Gasteiger partial charge in [0, 0.05) is 23.0 Å². The van der Waals surface area contributed by atoms with Crippen LogP contribution in [0.25, 0.3) is 16.8 Å². The van der Waals surface area contributed by atoms with Gasteiger partial charge in [-0.2, -0.15) is 0 Å². The van der Waals surface area contributed by atoms with E-state index in [0.717, 1.165) is 11.5 Å². The number of ether oxygens (including phenoxy) is 3. The third-order valence-corrected chi connectivity index (χ3v) is 2.98. The smallest absolute Gasteiger partial charge is 0.328 e. The molecule has 0 saturated carbocycles. The van der Waals surface area contributed by atoms with Crippen molar-refractivity contribution in [2.45, 2.75) is 0 Å². The van der Waals surface area contributed by atoms with Gasteiger partial charge < -0.3 is 19.3 Å². The molecule has 1 N–H and O–H groups in total. The minimum atomic E-state index is -1.04. The summed E-state index contributed by atoms with van der Waals surface area (Å²) in [5.74, 6) is 0.437. The summed E-state index contributed by atoms with van der Waals surface area (Å²) in [4.78, 5) is 14.9. The van der Waals surface area contributed by atoms with Gasteiger partial charge in [0.05, 0.1) is 27.0 Å². The van der Waals surface area contributed by atoms with Gasteiger partial charge in [0.1, 0.15) is 0 Å². The molecule has 1 heterocycles. The largest absolute Gasteiger partial charge is 0.493 e. The fourth-order valence-electron chi connectivity index (χ4n) is 2.10. The Kier molecular flexibility index (Phi) is 4.27. The Morgan fingerprint density at radius 2 is 1.86 bits per heavy atom. The molecule has 2 rings (SSSR count). The van der Waals surface area contributed by atoms with E-state index in [2.05, 4.69) is 4.98 Å². The second kappa shape index (κ2) is 6.13. The van der Waals surface area contributed by atoms with E-state index in [4.69, 9.17) is 19.3 Å². The Bertz CT molecular complexity index is 709. The third-order valence-electron chi connectivity index (χ3n) is 2.98. The van der Waals surface area contributed by atoms with Crippen LogP contribution in [0, 0.1) is 0 Å². The lowest BCUT2D eigenvalue weighted by Crippen LogP contribution is -1.97. The fraction of sp³-hybridized carbons (Fsp3) is 0.200. The van der Waals surface area contributed by atoms with Crippen molar-refractivity contribution in [3.8, 4) is 17.2 Å². The molecule has 6 heteroatoms. The predicted molar refractivity (Wildman–Crippen MR) is 78.1 cm³/mol. The van der Waals surface area contributed by atoms with Crippen molar-refractivity contribution in [3.05, 3.63) is 30.1 Å². The number of hydrogen-bond acceptors (Lipinski definition) is 5. The zero-order valence-electron chi connectivity index (χ0n) is 11.9. The lowest BCUT2D eigenvalue weighted by Gasteiger charge is -2.15. The lowest BCUT2D eigenvalue weighted by atomic mass is 10.1. The molecule has 0 radical (unpaired) electrons. The van der Waals surface area contributed by atoms with Crippen molar-refractivity contribution >= 4 is 22.8 Å². The molecule has 0 bridgehead atoms. The summed E-state index contributed by atoms with van der Waals surface area (Å²) in [5.41, 5.74) is 0.508. The molecule has 0 saturated heterocycles. The quantitative estimate of drug-likeness (QED) is 0.851. The van der Waals surface area contributed by atoms with Gasteiger partial charge in [-0.25, -0.2) is 4.79 Å². The minimum Gasteiger partial charge on any atom is -0.493 e. The topological polar surface area (TPSA) is 77.9 Å². The second-order valence-corrected chi connectivity index (χ2v) is 4.11. The number of nitrogens with zero attached hydrogens (tertiary/aromatic N) is 1. The zero-order chi connectivity index (χ0) is 15.4. The molecule has 0 unspecified atom stereocenters. The SMILES string of the molecule is COc1cc2c(/C=C/C(=O)O)nccc2c(OC)c1OC. The van der Waals surface area contributed by atoms with E-state index in [1.165, 1.54) is 27.4 Å². The fourth-order valence-corrected chi connectivity index (χ4v) is 2.10. The highest BCUT2D eigenvalue weighted by atomic mass is 16.5. The molecule has 0 atom stereocenters. The molecule has 6 nitrogen and oxygen atoms in total. The van der Waals surface area contributed by atoms with Crippen molar-refractivity contribution in [1.29, 1.82) is 0 Å². The van der Waals surface area contributed by atoms with Crippen LogP contribution in [0.2, 0.25) is 0 Å². The van der Waals surface area contributed by atoms with Gasteiger partial charge in [0.15, 0.2) is 11.5 Å². The van der Waals surface area contributed by atoms with E-state index in [1.807, 2.05) is 0 Å². The molecule has 2 aromatic rings. The summed E-state index contributed by atoms with van der Waals surface area (Å²) in [6, 6.07) is 3.51. The molecule has 21 heavy (non-hydrogen) atoms. The Balaban J connectivity index is 2.78. The summed E-state index contributed by atoms with van der Waals surface area (Å²) in [7, 11) is 4.58. The van der Waals surface area contributed by atoms with E-state index in [0.29, 0.717) is 28.3 Å². The Morgan fingerprint density at radius 3 is 2.43 bits per heavy atom. The minimum absolute atomic E-state index is 0.479. The van der Waals surface area contributed by atoms with Crippen LogP contribution in [0.3, 0.4) is 0 Å². The van der Waals surface area contributed by atoms with E-state index < -0.39 is 5.97 Å². The van der Waals surface area contributed by atoms with Gasteiger partial charge in [0.25, 0.3) is 0 Å². The van der Waals surface area contributed by atoms with Crippen molar-refractivity contribution in [3.63, 3.8) is 0 Å². The van der Waals surface area contributed by atoms with Crippen molar-refractivity contribution in [2.24, 2.45) is 0 Å². The molecule has 0 spiro atoms. The van der Waals surface area contributed by atoms with Crippen LogP contribution >= 0.6 is 0 Å². The lowest BCUT2D eigenvalue weighted by molar-refractivity contribution is -0.131. The van der Waals surface area contributed by atoms with Crippen LogP contribution in [0.15, 0.2) is 24.4 Å². The first-order valence-electron chi connectivity index (χ1n) is 6.11. The predicted octanol–water partition coefficient (Wildman–Crippen LogP) is 2.36. The van der Waals surface area contributed by atoms with Crippen LogP contribution in [-0.4, -0.2) is 37.4 Å². The molecular weight excluding hydrogens is 274 g/mol. The molecule has 1 aromatic heterocycles. The molecular formula is C15H15NO5. The highest BCUT2D eigenvalue weighted by Gasteiger charge is 2.17. The number of carbonyl (C=O) groups is 1. The number of rotatable bonds is 5. The highest BCUT2D eigenvalue weighted by molar-refractivity contribution is 5.98. The monoisotopic (exact) mass is 289 g/mol. The number of fused-ring (bicyclic) bond motifs is 1. The number of pyridine rings is 1. The molecule has 0 aliphatic carbocycles. The van der Waals surface area contributed by atoms with E-state index in [1.54, 1.807) is 18.3 Å². The van der Waals surface area contributed by atoms with Gasteiger partial charge in [-0.15, -0.1) is 0 Å². The first kappa shape index (κ1) is 14.6. The second-order valence-electron chi connectivity index (χ2n) is 4.11. The Hall–Kier alpha value is -2.76. The molecule has 0 fully saturated rings. The van der Waals surface area contributed by atoms with Crippen molar-refractivity contribution < 1.29 is 24.1 Å². The van der Waals surface area contributed by atoms with Crippen LogP contribution in [0.5, 0.6) is 17.2 Å². The maximum atomic E-state index is 10.7. The average molecular weight is 289 g/mol. The number of carboxylic acid groups (broad SMARTS) is 1. The summed E-state index contributed by atoms with van der Waals surface area (Å²) in [6.07, 6.45) is 4.04. The van der Waals surface area contributed by atoms with Gasteiger partial charge in [-0.3, -0.25) is 4.98 Å². The number of methoxy groups -OCH3 is 3. The summed E-state index contributed by atoms with van der Waals surface area (Å²) in [5, 5.41) is 10.2. The Morgan fingerprint density at radius 1 is 1.14 bits per heavy atom. The van der Waals surface area contributed by atoms with E-state index >= 15 is 0 Å². The number of aliphatic carboxylic acids is 1. The van der Waals surface area contributed by atoms with Crippen LogP contribution in [0.4, 0.5) is 0 Å². The zero-order valence-corrected chi connectivity index (χ0v) is 11.9. The third kappa shape index (κ3) is 2.74. The van der Waals surface area contributed by atoms with Crippen molar-refractivity contribution in [2.75, 3.05) is 21.3 Å².